The maximum atomic E-state index is 11.8. The van der Waals surface area contributed by atoms with Crippen molar-refractivity contribution in [3.8, 4) is 0 Å². The van der Waals surface area contributed by atoms with Crippen molar-refractivity contribution >= 4 is 16.7 Å². The molecule has 0 bridgehead atoms. The van der Waals surface area contributed by atoms with Crippen LogP contribution in [0.3, 0.4) is 0 Å². The van der Waals surface area contributed by atoms with Crippen LogP contribution in [-0.4, -0.2) is 10.8 Å². The van der Waals surface area contributed by atoms with E-state index in [9.17, 15) is 4.79 Å². The molecule has 0 spiro atoms. The summed E-state index contributed by atoms with van der Waals surface area (Å²) in [5.41, 5.74) is 1.67. The lowest BCUT2D eigenvalue weighted by atomic mass is 10.1. The molecule has 2 rings (SSSR count). The van der Waals surface area contributed by atoms with Gasteiger partial charge in [-0.1, -0.05) is 31.5 Å². The van der Waals surface area contributed by atoms with Gasteiger partial charge in [-0.25, -0.2) is 0 Å². The van der Waals surface area contributed by atoms with Gasteiger partial charge in [0.1, 0.15) is 0 Å². The highest BCUT2D eigenvalue weighted by atomic mass is 16.1. The number of carbonyl (C=O) groups excluding carboxylic acids is 1. The fraction of sp³-hybridized carbons (Fsp3) is 0.286. The van der Waals surface area contributed by atoms with Gasteiger partial charge in [0.25, 0.3) is 0 Å². The maximum Gasteiger partial charge on any atom is 0.164 e. The molecule has 0 aliphatic heterocycles. The zero-order valence-corrected chi connectivity index (χ0v) is 9.44. The van der Waals surface area contributed by atoms with Gasteiger partial charge >= 0.3 is 0 Å². The second-order valence-corrected chi connectivity index (χ2v) is 3.94. The molecule has 0 radical (unpaired) electrons. The van der Waals surface area contributed by atoms with E-state index in [1.165, 1.54) is 0 Å². The first-order valence-corrected chi connectivity index (χ1v) is 5.69. The minimum Gasteiger partial charge on any atom is -0.294 e. The molecule has 0 aliphatic carbocycles. The van der Waals surface area contributed by atoms with E-state index in [1.807, 2.05) is 30.3 Å². The first-order valence-electron chi connectivity index (χ1n) is 5.69. The minimum absolute atomic E-state index is 0.195. The number of benzene rings is 1. The third kappa shape index (κ3) is 2.27. The Balaban J connectivity index is 2.28. The summed E-state index contributed by atoms with van der Waals surface area (Å²) in [5.74, 6) is 0.195. The summed E-state index contributed by atoms with van der Waals surface area (Å²) >= 11 is 0. The maximum absolute atomic E-state index is 11.8. The molecule has 0 N–H and O–H groups in total. The van der Waals surface area contributed by atoms with Crippen LogP contribution >= 0.6 is 0 Å². The van der Waals surface area contributed by atoms with Crippen LogP contribution in [0.25, 0.3) is 10.9 Å². The van der Waals surface area contributed by atoms with Gasteiger partial charge in [-0.2, -0.15) is 0 Å². The van der Waals surface area contributed by atoms with Crippen LogP contribution in [0.1, 0.15) is 36.5 Å². The number of hydrogen-bond acceptors (Lipinski definition) is 2. The van der Waals surface area contributed by atoms with E-state index in [1.54, 1.807) is 6.20 Å². The quantitative estimate of drug-likeness (QED) is 0.726. The number of nitrogens with zero attached hydrogens (tertiary/aromatic N) is 1. The first kappa shape index (κ1) is 10.8. The van der Waals surface area contributed by atoms with E-state index in [-0.39, 0.29) is 5.78 Å². The lowest BCUT2D eigenvalue weighted by Gasteiger charge is -2.01. The number of aromatic nitrogens is 1. The van der Waals surface area contributed by atoms with Crippen molar-refractivity contribution in [3.05, 3.63) is 42.1 Å². The standard InChI is InChI=1S/C14H15NO/c1-2-3-8-14(16)12-9-11-6-4-5-7-13(11)15-10-12/h4-7,9-10H,2-3,8H2,1H3. The van der Waals surface area contributed by atoms with Crippen LogP contribution in [-0.2, 0) is 0 Å². The molecule has 2 heteroatoms. The molecule has 0 amide bonds. The molecule has 2 nitrogen and oxygen atoms in total. The van der Waals surface area contributed by atoms with Gasteiger partial charge < -0.3 is 0 Å². The van der Waals surface area contributed by atoms with Crippen molar-refractivity contribution < 1.29 is 4.79 Å². The van der Waals surface area contributed by atoms with Crippen molar-refractivity contribution in [2.24, 2.45) is 0 Å². The number of hydrogen-bond donors (Lipinski definition) is 0. The lowest BCUT2D eigenvalue weighted by Crippen LogP contribution is -1.99. The SMILES string of the molecule is CCCCC(=O)c1cnc2ccccc2c1. The van der Waals surface area contributed by atoms with E-state index in [0.29, 0.717) is 6.42 Å². The topological polar surface area (TPSA) is 30.0 Å². The highest BCUT2D eigenvalue weighted by molar-refractivity contribution is 5.98. The van der Waals surface area contributed by atoms with Gasteiger partial charge in [0.2, 0.25) is 0 Å². The van der Waals surface area contributed by atoms with E-state index >= 15 is 0 Å². The molecule has 0 unspecified atom stereocenters. The number of fused-ring (bicyclic) bond motifs is 1. The number of unbranched alkanes of at least 4 members (excludes halogenated alkanes) is 1. The zero-order valence-electron chi connectivity index (χ0n) is 9.44. The molecule has 0 saturated heterocycles. The van der Waals surface area contributed by atoms with Gasteiger partial charge in [0, 0.05) is 23.6 Å². The van der Waals surface area contributed by atoms with Gasteiger partial charge in [-0.3, -0.25) is 9.78 Å². The fourth-order valence-electron chi connectivity index (χ4n) is 1.71. The zero-order chi connectivity index (χ0) is 11.4. The Bertz CT molecular complexity index is 505. The average Bonchev–Trinajstić information content (AvgIpc) is 2.35. The summed E-state index contributed by atoms with van der Waals surface area (Å²) in [5, 5.41) is 1.03. The Morgan fingerprint density at radius 3 is 2.94 bits per heavy atom. The van der Waals surface area contributed by atoms with Gasteiger partial charge in [-0.15, -0.1) is 0 Å². The van der Waals surface area contributed by atoms with E-state index in [2.05, 4.69) is 11.9 Å². The monoisotopic (exact) mass is 213 g/mol. The van der Waals surface area contributed by atoms with E-state index < -0.39 is 0 Å². The smallest absolute Gasteiger partial charge is 0.164 e. The normalized spacial score (nSPS) is 10.6. The summed E-state index contributed by atoms with van der Waals surface area (Å²) in [7, 11) is 0. The Morgan fingerprint density at radius 2 is 2.12 bits per heavy atom. The summed E-state index contributed by atoms with van der Waals surface area (Å²) in [6, 6.07) is 9.78. The fourth-order valence-corrected chi connectivity index (χ4v) is 1.71. The predicted octanol–water partition coefficient (Wildman–Crippen LogP) is 3.61. The van der Waals surface area contributed by atoms with Crippen molar-refractivity contribution in [2.75, 3.05) is 0 Å². The van der Waals surface area contributed by atoms with Crippen LogP contribution in [0, 0.1) is 0 Å². The van der Waals surface area contributed by atoms with Crippen molar-refractivity contribution in [1.82, 2.24) is 4.98 Å². The summed E-state index contributed by atoms with van der Waals surface area (Å²) in [4.78, 5) is 16.1. The molecule has 82 valence electrons. The van der Waals surface area contributed by atoms with Crippen molar-refractivity contribution in [3.63, 3.8) is 0 Å². The van der Waals surface area contributed by atoms with Crippen LogP contribution in [0.5, 0.6) is 0 Å². The van der Waals surface area contributed by atoms with Gasteiger partial charge in [0.15, 0.2) is 5.78 Å². The van der Waals surface area contributed by atoms with Crippen LogP contribution in [0.2, 0.25) is 0 Å². The van der Waals surface area contributed by atoms with E-state index in [4.69, 9.17) is 0 Å². The number of para-hydroxylation sites is 1. The number of pyridine rings is 1. The Hall–Kier alpha value is -1.70. The summed E-state index contributed by atoms with van der Waals surface area (Å²) in [6.07, 6.45) is 4.30. The van der Waals surface area contributed by atoms with Crippen LogP contribution < -0.4 is 0 Å². The number of Topliss-reactive ketones (excluding diaryl/α,β-unsaturated/α-hetero) is 1. The summed E-state index contributed by atoms with van der Waals surface area (Å²) < 4.78 is 0. The molecule has 1 heterocycles. The van der Waals surface area contributed by atoms with Gasteiger partial charge in [0.05, 0.1) is 5.52 Å². The molecule has 0 aliphatic rings. The summed E-state index contributed by atoms with van der Waals surface area (Å²) in [6.45, 7) is 2.09. The Morgan fingerprint density at radius 1 is 1.31 bits per heavy atom. The highest BCUT2D eigenvalue weighted by Gasteiger charge is 2.06. The van der Waals surface area contributed by atoms with Gasteiger partial charge in [-0.05, 0) is 18.6 Å². The third-order valence-corrected chi connectivity index (χ3v) is 2.67. The Labute approximate surface area is 95.3 Å². The lowest BCUT2D eigenvalue weighted by molar-refractivity contribution is 0.0979. The van der Waals surface area contributed by atoms with Crippen molar-refractivity contribution in [2.45, 2.75) is 26.2 Å². The van der Waals surface area contributed by atoms with E-state index in [0.717, 1.165) is 29.3 Å². The first-order chi connectivity index (χ1) is 7.81. The second-order valence-electron chi connectivity index (χ2n) is 3.94. The molecule has 0 fully saturated rings. The largest absolute Gasteiger partial charge is 0.294 e. The number of carbonyl (C=O) groups is 1. The van der Waals surface area contributed by atoms with Crippen LogP contribution in [0.15, 0.2) is 36.5 Å². The predicted molar refractivity (Wildman–Crippen MR) is 65.6 cm³/mol. The minimum atomic E-state index is 0.195. The van der Waals surface area contributed by atoms with Crippen LogP contribution in [0.4, 0.5) is 0 Å². The molecular formula is C14H15NO. The molecule has 1 aromatic carbocycles. The van der Waals surface area contributed by atoms with Crippen molar-refractivity contribution in [1.29, 1.82) is 0 Å². The third-order valence-electron chi connectivity index (χ3n) is 2.67. The molecule has 0 saturated carbocycles. The second kappa shape index (κ2) is 4.88. The molecule has 1 aromatic heterocycles. The molecular weight excluding hydrogens is 198 g/mol. The highest BCUT2D eigenvalue weighted by Crippen LogP contribution is 2.14. The number of ketones is 1. The average molecular weight is 213 g/mol. The number of rotatable bonds is 4. The Kier molecular flexibility index (Phi) is 3.30. The molecule has 16 heavy (non-hydrogen) atoms. The molecule has 0 atom stereocenters. The molecule has 2 aromatic rings.